The fourth-order valence-corrected chi connectivity index (χ4v) is 1.71. The van der Waals surface area contributed by atoms with Gasteiger partial charge in [-0.1, -0.05) is 17.7 Å². The minimum atomic E-state index is -0.282. The van der Waals surface area contributed by atoms with E-state index in [2.05, 4.69) is 30.4 Å². The van der Waals surface area contributed by atoms with Crippen LogP contribution in [0, 0.1) is 18.3 Å². The van der Waals surface area contributed by atoms with Crippen molar-refractivity contribution in [2.24, 2.45) is 0 Å². The summed E-state index contributed by atoms with van der Waals surface area (Å²) in [5.74, 6) is 0. The first-order chi connectivity index (χ1) is 6.74. The van der Waals surface area contributed by atoms with Crippen LogP contribution in [0.15, 0.2) is 24.3 Å². The summed E-state index contributed by atoms with van der Waals surface area (Å²) < 4.78 is 0. The van der Waals surface area contributed by atoms with Gasteiger partial charge in [0.25, 0.3) is 0 Å². The van der Waals surface area contributed by atoms with Gasteiger partial charge < -0.3 is 5.32 Å². The smallest absolute Gasteiger partial charge is 0.125 e. The highest BCUT2D eigenvalue weighted by Crippen LogP contribution is 2.34. The van der Waals surface area contributed by atoms with Gasteiger partial charge in [-0.3, -0.25) is 0 Å². The zero-order valence-corrected chi connectivity index (χ0v) is 8.38. The second-order valence-corrected chi connectivity index (χ2v) is 4.04. The van der Waals surface area contributed by atoms with E-state index in [1.165, 1.54) is 5.56 Å². The van der Waals surface area contributed by atoms with Gasteiger partial charge in [0.05, 0.1) is 6.07 Å². The zero-order valence-electron chi connectivity index (χ0n) is 8.38. The van der Waals surface area contributed by atoms with E-state index in [9.17, 15) is 0 Å². The van der Waals surface area contributed by atoms with Crippen molar-refractivity contribution in [1.29, 1.82) is 5.26 Å². The summed E-state index contributed by atoms with van der Waals surface area (Å²) in [6.07, 6.45) is 3.10. The number of hydrogen-bond donors (Lipinski definition) is 1. The summed E-state index contributed by atoms with van der Waals surface area (Å²) in [4.78, 5) is 0. The monoisotopic (exact) mass is 186 g/mol. The molecule has 2 rings (SSSR count). The van der Waals surface area contributed by atoms with E-state index in [0.717, 1.165) is 24.9 Å². The maximum absolute atomic E-state index is 9.04. The molecule has 0 unspecified atom stereocenters. The topological polar surface area (TPSA) is 35.8 Å². The van der Waals surface area contributed by atoms with Crippen LogP contribution in [-0.2, 0) is 0 Å². The van der Waals surface area contributed by atoms with Gasteiger partial charge in [-0.05, 0) is 38.3 Å². The summed E-state index contributed by atoms with van der Waals surface area (Å²) in [6, 6.07) is 10.6. The Morgan fingerprint density at radius 2 is 1.93 bits per heavy atom. The third-order valence-corrected chi connectivity index (χ3v) is 2.86. The van der Waals surface area contributed by atoms with Crippen molar-refractivity contribution in [2.45, 2.75) is 31.7 Å². The average Bonchev–Trinajstić information content (AvgIpc) is 2.15. The highest BCUT2D eigenvalue weighted by Gasteiger charge is 2.36. The van der Waals surface area contributed by atoms with Crippen molar-refractivity contribution in [3.8, 4) is 6.07 Å². The summed E-state index contributed by atoms with van der Waals surface area (Å²) in [5, 5.41) is 12.3. The summed E-state index contributed by atoms with van der Waals surface area (Å²) >= 11 is 0. The highest BCUT2D eigenvalue weighted by molar-refractivity contribution is 5.49. The van der Waals surface area contributed by atoms with Gasteiger partial charge in [-0.25, -0.2) is 0 Å². The molecule has 2 nitrogen and oxygen atoms in total. The maximum atomic E-state index is 9.04. The Morgan fingerprint density at radius 3 is 2.36 bits per heavy atom. The number of nitrogens with one attached hydrogen (secondary N) is 1. The first kappa shape index (κ1) is 9.08. The van der Waals surface area contributed by atoms with Gasteiger partial charge in [0.15, 0.2) is 0 Å². The predicted molar refractivity (Wildman–Crippen MR) is 57.0 cm³/mol. The van der Waals surface area contributed by atoms with Gasteiger partial charge in [-0.2, -0.15) is 5.26 Å². The molecule has 0 saturated heterocycles. The number of nitriles is 1. The van der Waals surface area contributed by atoms with Crippen molar-refractivity contribution in [2.75, 3.05) is 5.32 Å². The minimum Gasteiger partial charge on any atom is -0.367 e. The van der Waals surface area contributed by atoms with Crippen molar-refractivity contribution in [1.82, 2.24) is 0 Å². The molecule has 72 valence electrons. The first-order valence-electron chi connectivity index (χ1n) is 5.00. The fourth-order valence-electron chi connectivity index (χ4n) is 1.71. The molecule has 2 heteroatoms. The second kappa shape index (κ2) is 3.34. The van der Waals surface area contributed by atoms with Gasteiger partial charge in [0.2, 0.25) is 0 Å². The van der Waals surface area contributed by atoms with E-state index in [1.54, 1.807) is 0 Å². The van der Waals surface area contributed by atoms with Crippen LogP contribution in [0.5, 0.6) is 0 Å². The molecule has 0 atom stereocenters. The molecule has 1 N–H and O–H groups in total. The summed E-state index contributed by atoms with van der Waals surface area (Å²) in [7, 11) is 0. The van der Waals surface area contributed by atoms with Crippen molar-refractivity contribution >= 4 is 5.69 Å². The lowest BCUT2D eigenvalue weighted by Gasteiger charge is -2.36. The van der Waals surface area contributed by atoms with Crippen LogP contribution in [0.3, 0.4) is 0 Å². The van der Waals surface area contributed by atoms with Crippen LogP contribution in [0.4, 0.5) is 5.69 Å². The van der Waals surface area contributed by atoms with Crippen molar-refractivity contribution in [3.63, 3.8) is 0 Å². The number of benzene rings is 1. The number of nitrogens with zero attached hydrogens (tertiary/aromatic N) is 1. The van der Waals surface area contributed by atoms with Crippen LogP contribution < -0.4 is 5.32 Å². The van der Waals surface area contributed by atoms with E-state index in [1.807, 2.05) is 12.1 Å². The van der Waals surface area contributed by atoms with Crippen LogP contribution in [0.2, 0.25) is 0 Å². The first-order valence-corrected chi connectivity index (χ1v) is 5.00. The lowest BCUT2D eigenvalue weighted by atomic mass is 9.78. The molecule has 0 spiro atoms. The molecule has 0 amide bonds. The standard InChI is InChI=1S/C12H14N2/c1-10-3-5-11(6-4-10)14-12(9-13)7-2-8-12/h3-6,14H,2,7-8H2,1H3. The molecule has 1 aliphatic rings. The summed E-state index contributed by atoms with van der Waals surface area (Å²) in [6.45, 7) is 2.06. The van der Waals surface area contributed by atoms with E-state index in [-0.39, 0.29) is 5.54 Å². The fraction of sp³-hybridized carbons (Fsp3) is 0.417. The molecule has 1 aromatic carbocycles. The Morgan fingerprint density at radius 1 is 1.29 bits per heavy atom. The largest absolute Gasteiger partial charge is 0.367 e. The lowest BCUT2D eigenvalue weighted by Crippen LogP contribution is -2.43. The normalized spacial score (nSPS) is 18.0. The molecule has 1 fully saturated rings. The predicted octanol–water partition coefficient (Wildman–Crippen LogP) is 2.85. The minimum absolute atomic E-state index is 0.282. The van der Waals surface area contributed by atoms with Gasteiger partial charge in [-0.15, -0.1) is 0 Å². The Labute approximate surface area is 84.6 Å². The van der Waals surface area contributed by atoms with Gasteiger partial charge >= 0.3 is 0 Å². The van der Waals surface area contributed by atoms with Crippen LogP contribution in [0.25, 0.3) is 0 Å². The quantitative estimate of drug-likeness (QED) is 0.770. The molecule has 0 radical (unpaired) electrons. The molecule has 14 heavy (non-hydrogen) atoms. The Kier molecular flexibility index (Phi) is 2.17. The van der Waals surface area contributed by atoms with Crippen molar-refractivity contribution in [3.05, 3.63) is 29.8 Å². The van der Waals surface area contributed by atoms with Crippen LogP contribution >= 0.6 is 0 Å². The zero-order chi connectivity index (χ0) is 10.0. The Balaban J connectivity index is 2.11. The number of anilines is 1. The van der Waals surface area contributed by atoms with Gasteiger partial charge in [0.1, 0.15) is 5.54 Å². The molecule has 0 bridgehead atoms. The molecular formula is C12H14N2. The average molecular weight is 186 g/mol. The van der Waals surface area contributed by atoms with E-state index >= 15 is 0 Å². The van der Waals surface area contributed by atoms with E-state index in [4.69, 9.17) is 5.26 Å². The molecule has 1 saturated carbocycles. The third kappa shape index (κ3) is 1.58. The number of hydrogen-bond acceptors (Lipinski definition) is 2. The van der Waals surface area contributed by atoms with E-state index in [0.29, 0.717) is 0 Å². The van der Waals surface area contributed by atoms with Crippen LogP contribution in [-0.4, -0.2) is 5.54 Å². The number of aryl methyl sites for hydroxylation is 1. The maximum Gasteiger partial charge on any atom is 0.125 e. The second-order valence-electron chi connectivity index (χ2n) is 4.04. The summed E-state index contributed by atoms with van der Waals surface area (Å²) in [5.41, 5.74) is 2.02. The lowest BCUT2D eigenvalue weighted by molar-refractivity contribution is 0.356. The van der Waals surface area contributed by atoms with E-state index < -0.39 is 0 Å². The Hall–Kier alpha value is -1.49. The molecular weight excluding hydrogens is 172 g/mol. The molecule has 1 aromatic rings. The molecule has 0 aromatic heterocycles. The number of rotatable bonds is 2. The molecule has 0 aliphatic heterocycles. The van der Waals surface area contributed by atoms with Gasteiger partial charge in [0, 0.05) is 5.69 Å². The van der Waals surface area contributed by atoms with Crippen molar-refractivity contribution < 1.29 is 0 Å². The highest BCUT2D eigenvalue weighted by atomic mass is 15.0. The SMILES string of the molecule is Cc1ccc(NC2(C#N)CCC2)cc1. The van der Waals surface area contributed by atoms with Crippen LogP contribution in [0.1, 0.15) is 24.8 Å². The molecule has 0 heterocycles. The Bertz CT molecular complexity index is 355. The third-order valence-electron chi connectivity index (χ3n) is 2.86. The molecule has 1 aliphatic carbocycles.